The number of rotatable bonds is 7. The van der Waals surface area contributed by atoms with Crippen molar-refractivity contribution in [2.24, 2.45) is 16.6 Å². The minimum atomic E-state index is -2.10. The SMILES string of the molecule is C=C1NC(=O)C(C)NC(=O)C(C(C)C)NC2C=Cc3c(C(C)O)cc(nc3[C@H]2O)C(=O)OC(C)C2NC(=S)c3csc(n3)C(C(C)(O)C(C)O)NC(=O)C3CSC(=N3)/C(=C/C)NC(=O)C(C(C)O)NC(=O)c3csc(n3)[C@]3(CC[C@H](c4nc(C(N)=O)cs4)N[C@@H]3c3csc2n3)NC(=O)[C@H](C)NC1=O. The number of aliphatic imine (C=N–C) groups is 1. The van der Waals surface area contributed by atoms with Gasteiger partial charge in [-0.15, -0.1) is 57.1 Å². The second kappa shape index (κ2) is 31.6. The Morgan fingerprint density at radius 3 is 2.15 bits per heavy atom. The number of hydrogen-bond donors (Lipinski definition) is 16. The van der Waals surface area contributed by atoms with E-state index in [1.807, 2.05) is 0 Å². The number of fused-ring (bicyclic) bond motifs is 7. The minimum Gasteiger partial charge on any atom is -0.455 e. The van der Waals surface area contributed by atoms with Crippen LogP contribution in [0.25, 0.3) is 6.08 Å². The Morgan fingerprint density at radius 2 is 1.48 bits per heavy atom. The van der Waals surface area contributed by atoms with Gasteiger partial charge in [-0.25, -0.2) is 29.7 Å². The van der Waals surface area contributed by atoms with Crippen molar-refractivity contribution in [3.8, 4) is 0 Å². The van der Waals surface area contributed by atoms with Crippen LogP contribution < -0.4 is 58.9 Å². The van der Waals surface area contributed by atoms with Crippen LogP contribution in [0.5, 0.6) is 0 Å². The third-order valence-electron chi connectivity index (χ3n) is 18.1. The molecular weight excluding hydrogens is 1450 g/mol. The number of amides is 8. The van der Waals surface area contributed by atoms with Crippen LogP contribution in [-0.4, -0.2) is 180 Å². The number of nitrogens with two attached hydrogens (primary N) is 1. The van der Waals surface area contributed by atoms with Crippen molar-refractivity contribution < 1.29 is 73.4 Å². The van der Waals surface area contributed by atoms with Crippen molar-refractivity contribution in [2.75, 3.05) is 5.75 Å². The minimum absolute atomic E-state index is 0.0413. The molecule has 9 heterocycles. The van der Waals surface area contributed by atoms with Crippen molar-refractivity contribution in [3.63, 3.8) is 0 Å². The molecule has 1 fully saturated rings. The van der Waals surface area contributed by atoms with Gasteiger partial charge in [-0.3, -0.25) is 54.0 Å². The summed E-state index contributed by atoms with van der Waals surface area (Å²) >= 11 is 11.3. The highest BCUT2D eigenvalue weighted by molar-refractivity contribution is 8.14. The van der Waals surface area contributed by atoms with E-state index in [4.69, 9.17) is 37.6 Å². The lowest BCUT2D eigenvalue weighted by Gasteiger charge is -2.46. The van der Waals surface area contributed by atoms with Crippen LogP contribution in [0.3, 0.4) is 0 Å². The van der Waals surface area contributed by atoms with Gasteiger partial charge in [0.15, 0.2) is 0 Å². The van der Waals surface area contributed by atoms with Gasteiger partial charge in [-0.05, 0) is 85.8 Å². The molecule has 0 saturated carbocycles. The molecule has 10 rings (SSSR count). The van der Waals surface area contributed by atoms with E-state index in [0.29, 0.717) is 5.01 Å². The second-order valence-corrected chi connectivity index (χ2v) is 31.0. The summed E-state index contributed by atoms with van der Waals surface area (Å²) < 4.78 is 6.33. The van der Waals surface area contributed by atoms with Gasteiger partial charge in [0, 0.05) is 32.8 Å². The molecule has 17 atom stereocenters. The molecule has 38 heteroatoms. The number of nitrogens with zero attached hydrogens (tertiary/aromatic N) is 6. The topological polar surface area (TPSA) is 487 Å². The Morgan fingerprint density at radius 1 is 0.777 bits per heavy atom. The molecule has 5 aromatic heterocycles. The summed E-state index contributed by atoms with van der Waals surface area (Å²) in [6.07, 6.45) is -2.50. The van der Waals surface area contributed by atoms with Gasteiger partial charge in [0.05, 0.1) is 65.3 Å². The number of hydrogen-bond acceptors (Lipinski definition) is 29. The van der Waals surface area contributed by atoms with Gasteiger partial charge >= 0.3 is 5.97 Å². The van der Waals surface area contributed by atoms with Crippen LogP contribution >= 0.6 is 69.3 Å². The fourth-order valence-corrected chi connectivity index (χ4v) is 17.2. The first-order valence-corrected chi connectivity index (χ1v) is 37.6. The van der Waals surface area contributed by atoms with Gasteiger partial charge in [-0.2, -0.15) is 0 Å². The number of allylic oxidation sites excluding steroid dienone is 1. The highest BCUT2D eigenvalue weighted by Gasteiger charge is 2.52. The quantitative estimate of drug-likeness (QED) is 0.0623. The monoisotopic (exact) mass is 1530 g/mol. The first kappa shape index (κ1) is 77.4. The maximum Gasteiger partial charge on any atom is 0.357 e. The van der Waals surface area contributed by atoms with Gasteiger partial charge in [0.25, 0.3) is 17.7 Å². The van der Waals surface area contributed by atoms with Gasteiger partial charge < -0.3 is 78.5 Å². The molecule has 0 aromatic carbocycles. The Hall–Kier alpha value is -8.25. The lowest BCUT2D eigenvalue weighted by molar-refractivity contribution is -0.131. The lowest BCUT2D eigenvalue weighted by atomic mass is 9.78. The molecule has 1 aliphatic carbocycles. The van der Waals surface area contributed by atoms with E-state index in [0.717, 1.165) is 57.1 Å². The van der Waals surface area contributed by atoms with E-state index in [9.17, 15) is 63.9 Å². The summed E-state index contributed by atoms with van der Waals surface area (Å²) in [5, 5.41) is 93.4. The molecule has 5 aromatic rings. The first-order chi connectivity index (χ1) is 48.6. The lowest BCUT2D eigenvalue weighted by Crippen LogP contribution is -2.61. The maximum absolute atomic E-state index is 15.2. The molecule has 0 spiro atoms. The molecule has 12 unspecified atom stereocenters. The third-order valence-corrected chi connectivity index (χ3v) is 23.4. The van der Waals surface area contributed by atoms with Crippen molar-refractivity contribution in [1.82, 2.24) is 78.1 Å². The Balaban J connectivity index is 1.16. The van der Waals surface area contributed by atoms with Crippen molar-refractivity contribution in [2.45, 2.75) is 184 Å². The smallest absolute Gasteiger partial charge is 0.357 e. The second-order valence-electron chi connectivity index (χ2n) is 26.0. The molecule has 13 bridgehead atoms. The highest BCUT2D eigenvalue weighted by atomic mass is 32.2. The maximum atomic E-state index is 15.2. The fraction of sp³-hybridized carbons (Fsp3) is 0.477. The summed E-state index contributed by atoms with van der Waals surface area (Å²) in [7, 11) is 0. The molecule has 550 valence electrons. The van der Waals surface area contributed by atoms with Crippen LogP contribution in [0.2, 0.25) is 0 Å². The number of aromatic nitrogens is 5. The number of ether oxygens (including phenoxy) is 1. The number of thioether (sulfide) groups is 1. The van der Waals surface area contributed by atoms with Crippen LogP contribution in [0.1, 0.15) is 198 Å². The summed E-state index contributed by atoms with van der Waals surface area (Å²) in [6.45, 7) is 18.4. The highest BCUT2D eigenvalue weighted by Crippen LogP contribution is 2.48. The zero-order valence-electron chi connectivity index (χ0n) is 57.2. The van der Waals surface area contributed by atoms with Crippen molar-refractivity contribution in [1.29, 1.82) is 0 Å². The summed E-state index contributed by atoms with van der Waals surface area (Å²) in [4.78, 5) is 157. The average Bonchev–Trinajstić information content (AvgIpc) is 1.71. The fourth-order valence-electron chi connectivity index (χ4n) is 11.9. The molecule has 0 radical (unpaired) electrons. The normalized spacial score (nSPS) is 29.2. The van der Waals surface area contributed by atoms with Crippen LogP contribution in [0.15, 0.2) is 62.7 Å². The number of piperidine rings is 1. The van der Waals surface area contributed by atoms with E-state index in [1.165, 1.54) is 76.7 Å². The Labute approximate surface area is 615 Å². The molecule has 5 aliphatic rings. The number of carbonyl (C=O) groups is 9. The molecule has 1 saturated heterocycles. The van der Waals surface area contributed by atoms with Gasteiger partial charge in [0.1, 0.15) is 112 Å². The number of cyclic esters (lactones) is 1. The van der Waals surface area contributed by atoms with E-state index in [-0.39, 0.29) is 94.6 Å². The van der Waals surface area contributed by atoms with E-state index in [2.05, 4.69) is 74.7 Å². The number of esters is 1. The molecule has 8 amide bonds. The molecule has 4 aliphatic heterocycles. The number of primary amides is 1. The number of thiocarbonyl (C=S) groups is 1. The number of aliphatic hydroxyl groups excluding tert-OH is 4. The molecule has 32 nitrogen and oxygen atoms in total. The number of aliphatic hydroxyl groups is 5. The predicted octanol–water partition coefficient (Wildman–Crippen LogP) is 1.50. The summed E-state index contributed by atoms with van der Waals surface area (Å²) in [5.74, 6) is -8.30. The number of nitrogens with one attached hydrogen (secondary N) is 10. The largest absolute Gasteiger partial charge is 0.455 e. The van der Waals surface area contributed by atoms with E-state index >= 15 is 4.79 Å². The predicted molar refractivity (Wildman–Crippen MR) is 386 cm³/mol. The van der Waals surface area contributed by atoms with E-state index < -0.39 is 167 Å². The average molecular weight is 1530 g/mol. The molecule has 17 N–H and O–H groups in total. The summed E-state index contributed by atoms with van der Waals surface area (Å²) in [6, 6.07) is -11.1. The number of carbonyl (C=O) groups excluding carboxylic acids is 9. The van der Waals surface area contributed by atoms with Crippen molar-refractivity contribution >= 4 is 139 Å². The van der Waals surface area contributed by atoms with Gasteiger partial charge in [-0.1, -0.05) is 50.9 Å². The van der Waals surface area contributed by atoms with E-state index in [1.54, 1.807) is 38.3 Å². The number of thiazole rings is 4. The molecular formula is C65H79N17O15S6. The van der Waals surface area contributed by atoms with Crippen molar-refractivity contribution in [3.05, 3.63) is 123 Å². The Kier molecular flexibility index (Phi) is 23.7. The summed E-state index contributed by atoms with van der Waals surface area (Å²) in [5.41, 5.74) is 1.28. The standard InChI is InChI=1S/C65H79N17O15S6/c1-12-33-58-76-39(20-100-58)54(92)81-48(64(11,96)30(10)85)61-77-41(22-102-61)57(98)80-44-29(9)97-62(95)36-17-32(27(7)83)31-13-14-34(46(86)45(31)71-36)70-42(23(2)3)55(93)69-25(5)51(89)67-24(4)50(88)68-26(6)52(90)82-65(63-78-40(21-103-63)53(91)79-43(28(8)84)56(94)73-33)16-15-35(59-75-38(19-99-59)49(66)87)72-47(65)37-18-101-60(44)74-37/h12-14,17-19,21-23,25-30,34-35,39,42-44,46-48,70,72,83-86,96H,4,15-16,20H2,1-3,5-11H3,(H2,66,87)(H,67,89)(H,68,88)(H,69,93)(H,73,94)(H,79,91)(H,80,98)(H,81,92)(H,82,90)/b33-12-/t25?,26-,27?,28?,29?,30?,34?,35+,39?,42?,43?,44?,46-,47+,48?,64?,65+/m0/s1. The van der Waals surface area contributed by atoms with Crippen LogP contribution in [0, 0.1) is 5.92 Å². The first-order valence-electron chi connectivity index (χ1n) is 32.7. The zero-order valence-corrected chi connectivity index (χ0v) is 62.1. The van der Waals surface area contributed by atoms with Gasteiger partial charge in [0.2, 0.25) is 29.5 Å². The third kappa shape index (κ3) is 16.5. The number of pyridine rings is 1. The van der Waals surface area contributed by atoms with Crippen LogP contribution in [-0.2, 0) is 39.0 Å². The van der Waals surface area contributed by atoms with Crippen LogP contribution in [0.4, 0.5) is 0 Å². The molecule has 103 heavy (non-hydrogen) atoms. The Bertz CT molecular complexity index is 4300. The zero-order chi connectivity index (χ0) is 75.0.